The third kappa shape index (κ3) is 6.14. The molecule has 2 heteroatoms. The van der Waals surface area contributed by atoms with Crippen molar-refractivity contribution in [2.45, 2.75) is 59.9 Å². The zero-order chi connectivity index (χ0) is 11.4. The van der Waals surface area contributed by atoms with Crippen LogP contribution in [-0.4, -0.2) is 17.9 Å². The number of ketones is 1. The molecule has 0 saturated carbocycles. The Kier molecular flexibility index (Phi) is 4.79. The van der Waals surface area contributed by atoms with Gasteiger partial charge in [0.15, 0.2) is 0 Å². The van der Waals surface area contributed by atoms with Gasteiger partial charge in [0.05, 0.1) is 6.54 Å². The molecule has 0 aromatic heterocycles. The van der Waals surface area contributed by atoms with Crippen LogP contribution in [0.5, 0.6) is 0 Å². The smallest absolute Gasteiger partial charge is 0.143 e. The molecule has 0 aliphatic rings. The Labute approximate surface area is 88.5 Å². The van der Waals surface area contributed by atoms with Gasteiger partial charge in [0.2, 0.25) is 0 Å². The molecule has 0 aromatic rings. The highest BCUT2D eigenvalue weighted by molar-refractivity contribution is 5.77. The lowest BCUT2D eigenvalue weighted by Crippen LogP contribution is -2.44. The quantitative estimate of drug-likeness (QED) is 0.712. The Morgan fingerprint density at radius 2 is 1.71 bits per heavy atom. The second-order valence-corrected chi connectivity index (χ2v) is 5.63. The molecule has 0 heterocycles. The van der Waals surface area contributed by atoms with E-state index in [0.717, 1.165) is 12.8 Å². The van der Waals surface area contributed by atoms with Crippen molar-refractivity contribution in [3.05, 3.63) is 0 Å². The van der Waals surface area contributed by atoms with Crippen molar-refractivity contribution in [2.24, 2.45) is 5.41 Å². The van der Waals surface area contributed by atoms with E-state index in [1.54, 1.807) is 6.92 Å². The number of carbonyl (C=O) groups is 1. The average molecular weight is 199 g/mol. The van der Waals surface area contributed by atoms with E-state index < -0.39 is 0 Å². The molecule has 84 valence electrons. The van der Waals surface area contributed by atoms with Crippen LogP contribution >= 0.6 is 0 Å². The summed E-state index contributed by atoms with van der Waals surface area (Å²) in [4.78, 5) is 10.9. The zero-order valence-electron chi connectivity index (χ0n) is 10.5. The minimum atomic E-state index is 0.0468. The summed E-state index contributed by atoms with van der Waals surface area (Å²) in [6.45, 7) is 13.2. The van der Waals surface area contributed by atoms with E-state index in [0.29, 0.717) is 12.0 Å². The fourth-order valence-electron chi connectivity index (χ4n) is 1.75. The highest BCUT2D eigenvalue weighted by Crippen LogP contribution is 2.30. The molecule has 2 nitrogen and oxygen atoms in total. The van der Waals surface area contributed by atoms with E-state index in [1.165, 1.54) is 0 Å². The molecule has 0 unspecified atom stereocenters. The van der Waals surface area contributed by atoms with E-state index in [9.17, 15) is 4.79 Å². The van der Waals surface area contributed by atoms with Crippen LogP contribution in [0.4, 0.5) is 0 Å². The molecule has 14 heavy (non-hydrogen) atoms. The Balaban J connectivity index is 4.12. The summed E-state index contributed by atoms with van der Waals surface area (Å²) in [5.74, 6) is 0.201. The van der Waals surface area contributed by atoms with Gasteiger partial charge in [-0.05, 0) is 32.6 Å². The van der Waals surface area contributed by atoms with Crippen LogP contribution in [0.2, 0.25) is 0 Å². The molecule has 0 saturated heterocycles. The fraction of sp³-hybridized carbons (Fsp3) is 0.917. The summed E-state index contributed by atoms with van der Waals surface area (Å²) in [5.41, 5.74) is 0.387. The molecule has 0 spiro atoms. The number of rotatable bonds is 6. The van der Waals surface area contributed by atoms with Crippen LogP contribution in [0, 0.1) is 5.41 Å². The molecule has 0 radical (unpaired) electrons. The first-order valence-corrected chi connectivity index (χ1v) is 5.43. The first-order valence-electron chi connectivity index (χ1n) is 5.43. The number of nitrogens with one attached hydrogen (secondary N) is 1. The van der Waals surface area contributed by atoms with Crippen molar-refractivity contribution in [1.29, 1.82) is 0 Å². The predicted molar refractivity (Wildman–Crippen MR) is 61.5 cm³/mol. The van der Waals surface area contributed by atoms with Crippen LogP contribution in [0.15, 0.2) is 0 Å². The molecule has 0 aliphatic heterocycles. The van der Waals surface area contributed by atoms with Crippen LogP contribution in [0.1, 0.15) is 54.4 Å². The van der Waals surface area contributed by atoms with Gasteiger partial charge in [-0.15, -0.1) is 0 Å². The standard InChI is InChI=1S/C12H25NO/c1-7-11(3,4)9-12(5,6)13-8-10(2)14/h13H,7-9H2,1-6H3. The van der Waals surface area contributed by atoms with E-state index in [-0.39, 0.29) is 11.3 Å². The average Bonchev–Trinajstić information content (AvgIpc) is 1.99. The molecule has 0 aliphatic carbocycles. The number of carbonyl (C=O) groups excluding carboxylic acids is 1. The van der Waals surface area contributed by atoms with Crippen LogP contribution in [0.25, 0.3) is 0 Å². The lowest BCUT2D eigenvalue weighted by atomic mass is 9.78. The Hall–Kier alpha value is -0.370. The van der Waals surface area contributed by atoms with Gasteiger partial charge < -0.3 is 5.32 Å². The van der Waals surface area contributed by atoms with Crippen molar-refractivity contribution in [1.82, 2.24) is 5.32 Å². The highest BCUT2D eigenvalue weighted by Gasteiger charge is 2.26. The monoisotopic (exact) mass is 199 g/mol. The molecule has 0 fully saturated rings. The number of Topliss-reactive ketones (excluding diaryl/α,β-unsaturated/α-hetero) is 1. The van der Waals surface area contributed by atoms with Gasteiger partial charge in [-0.25, -0.2) is 0 Å². The molecule has 0 aromatic carbocycles. The number of hydrogen-bond acceptors (Lipinski definition) is 2. The van der Waals surface area contributed by atoms with Crippen LogP contribution in [-0.2, 0) is 4.79 Å². The Morgan fingerprint density at radius 1 is 1.21 bits per heavy atom. The minimum absolute atomic E-state index is 0.0468. The van der Waals surface area contributed by atoms with Gasteiger partial charge >= 0.3 is 0 Å². The van der Waals surface area contributed by atoms with Gasteiger partial charge in [-0.3, -0.25) is 4.79 Å². The summed E-state index contributed by atoms with van der Waals surface area (Å²) < 4.78 is 0. The lowest BCUT2D eigenvalue weighted by molar-refractivity contribution is -0.116. The van der Waals surface area contributed by atoms with E-state index in [1.807, 2.05) is 0 Å². The van der Waals surface area contributed by atoms with Gasteiger partial charge in [0, 0.05) is 5.54 Å². The van der Waals surface area contributed by atoms with Gasteiger partial charge in [-0.1, -0.05) is 27.2 Å². The summed E-state index contributed by atoms with van der Waals surface area (Å²) in [6, 6.07) is 0. The molecule has 1 N–H and O–H groups in total. The molecule has 0 rings (SSSR count). The van der Waals surface area contributed by atoms with Crippen LogP contribution < -0.4 is 5.32 Å². The number of hydrogen-bond donors (Lipinski definition) is 1. The van der Waals surface area contributed by atoms with Crippen LogP contribution in [0.3, 0.4) is 0 Å². The lowest BCUT2D eigenvalue weighted by Gasteiger charge is -2.35. The Morgan fingerprint density at radius 3 is 2.07 bits per heavy atom. The normalized spacial score (nSPS) is 13.0. The third-order valence-electron chi connectivity index (χ3n) is 2.69. The maximum Gasteiger partial charge on any atom is 0.143 e. The molecular weight excluding hydrogens is 174 g/mol. The van der Waals surface area contributed by atoms with Gasteiger partial charge in [0.25, 0.3) is 0 Å². The summed E-state index contributed by atoms with van der Waals surface area (Å²) in [5, 5.41) is 3.30. The Bertz CT molecular complexity index is 194. The van der Waals surface area contributed by atoms with Crippen molar-refractivity contribution in [2.75, 3.05) is 6.54 Å². The molecule has 0 atom stereocenters. The maximum atomic E-state index is 10.9. The van der Waals surface area contributed by atoms with Crippen molar-refractivity contribution >= 4 is 5.78 Å². The topological polar surface area (TPSA) is 29.1 Å². The molecule has 0 amide bonds. The van der Waals surface area contributed by atoms with Crippen molar-refractivity contribution in [3.63, 3.8) is 0 Å². The third-order valence-corrected chi connectivity index (χ3v) is 2.69. The van der Waals surface area contributed by atoms with Gasteiger partial charge in [-0.2, -0.15) is 0 Å². The van der Waals surface area contributed by atoms with Crippen molar-refractivity contribution < 1.29 is 4.79 Å². The van der Waals surface area contributed by atoms with E-state index >= 15 is 0 Å². The predicted octanol–water partition coefficient (Wildman–Crippen LogP) is 2.77. The summed E-state index contributed by atoms with van der Waals surface area (Å²) >= 11 is 0. The van der Waals surface area contributed by atoms with Crippen molar-refractivity contribution in [3.8, 4) is 0 Å². The second kappa shape index (κ2) is 4.92. The molecular formula is C12H25NO. The zero-order valence-corrected chi connectivity index (χ0v) is 10.5. The van der Waals surface area contributed by atoms with Gasteiger partial charge in [0.1, 0.15) is 5.78 Å². The summed E-state index contributed by atoms with van der Waals surface area (Å²) in [6.07, 6.45) is 2.25. The maximum absolute atomic E-state index is 10.9. The SMILES string of the molecule is CCC(C)(C)CC(C)(C)NCC(C)=O. The molecule has 0 bridgehead atoms. The first kappa shape index (κ1) is 13.6. The first-order chi connectivity index (χ1) is 6.18. The summed E-state index contributed by atoms with van der Waals surface area (Å²) in [7, 11) is 0. The van der Waals surface area contributed by atoms with E-state index in [4.69, 9.17) is 0 Å². The minimum Gasteiger partial charge on any atom is -0.305 e. The fourth-order valence-corrected chi connectivity index (χ4v) is 1.75. The van der Waals surface area contributed by atoms with E-state index in [2.05, 4.69) is 39.9 Å². The highest BCUT2D eigenvalue weighted by atomic mass is 16.1. The second-order valence-electron chi connectivity index (χ2n) is 5.63. The largest absolute Gasteiger partial charge is 0.305 e.